The summed E-state index contributed by atoms with van der Waals surface area (Å²) < 4.78 is 24.2. The molecule has 3 rings (SSSR count). The maximum atomic E-state index is 13.6. The Morgan fingerprint density at radius 1 is 0.944 bits per heavy atom. The molecule has 190 valence electrons. The molecule has 0 saturated heterocycles. The fourth-order valence-electron chi connectivity index (χ4n) is 3.73. The first-order valence-corrected chi connectivity index (χ1v) is 11.5. The Kier molecular flexibility index (Phi) is 8.66. The van der Waals surface area contributed by atoms with Gasteiger partial charge in [-0.05, 0) is 66.1 Å². The third-order valence-corrected chi connectivity index (χ3v) is 5.73. The Bertz CT molecular complexity index is 1230. The van der Waals surface area contributed by atoms with Gasteiger partial charge in [0.1, 0.15) is 5.82 Å². The van der Waals surface area contributed by atoms with Crippen LogP contribution in [-0.2, 0) is 6.54 Å². The van der Waals surface area contributed by atoms with Crippen LogP contribution in [0, 0.1) is 11.2 Å². The van der Waals surface area contributed by atoms with Gasteiger partial charge in [0.25, 0.3) is 11.8 Å². The number of rotatable bonds is 10. The minimum Gasteiger partial charge on any atom is -0.493 e. The second-order valence-electron chi connectivity index (χ2n) is 9.26. The predicted molar refractivity (Wildman–Crippen MR) is 138 cm³/mol. The van der Waals surface area contributed by atoms with Gasteiger partial charge in [-0.1, -0.05) is 32.0 Å². The standard InChI is InChI=1S/C28H32FN3O4/c1-28(2,17-30)18-32(27(34)21-11-12-24(35-3)25(15-21)36-4)16-19-7-5-10-23(13-19)31-26(33)20-8-6-9-22(29)14-20/h5-15H,16-18,30H2,1-4H3,(H,31,33). The second-order valence-corrected chi connectivity index (χ2v) is 9.26. The van der Waals surface area contributed by atoms with Gasteiger partial charge in [0.05, 0.1) is 14.2 Å². The van der Waals surface area contributed by atoms with Crippen molar-refractivity contribution in [3.8, 4) is 11.5 Å². The van der Waals surface area contributed by atoms with Crippen LogP contribution >= 0.6 is 0 Å². The minimum atomic E-state index is -0.483. The Morgan fingerprint density at radius 3 is 2.33 bits per heavy atom. The highest BCUT2D eigenvalue weighted by atomic mass is 19.1. The van der Waals surface area contributed by atoms with E-state index >= 15 is 0 Å². The Balaban J connectivity index is 1.85. The molecule has 0 unspecified atom stereocenters. The van der Waals surface area contributed by atoms with Crippen molar-refractivity contribution in [3.05, 3.63) is 89.2 Å². The van der Waals surface area contributed by atoms with E-state index in [1.807, 2.05) is 19.9 Å². The average Bonchev–Trinajstić information content (AvgIpc) is 2.87. The largest absolute Gasteiger partial charge is 0.493 e. The molecule has 2 amide bonds. The lowest BCUT2D eigenvalue weighted by atomic mass is 9.92. The van der Waals surface area contributed by atoms with Crippen LogP contribution in [0.1, 0.15) is 40.1 Å². The monoisotopic (exact) mass is 493 g/mol. The first-order chi connectivity index (χ1) is 17.2. The van der Waals surface area contributed by atoms with Gasteiger partial charge in [0, 0.05) is 29.9 Å². The number of hydrogen-bond acceptors (Lipinski definition) is 5. The van der Waals surface area contributed by atoms with Crippen molar-refractivity contribution in [3.63, 3.8) is 0 Å². The van der Waals surface area contributed by atoms with Crippen LogP contribution in [0.5, 0.6) is 11.5 Å². The Morgan fingerprint density at radius 2 is 1.67 bits per heavy atom. The van der Waals surface area contributed by atoms with Gasteiger partial charge in [-0.15, -0.1) is 0 Å². The SMILES string of the molecule is COc1ccc(C(=O)N(Cc2cccc(NC(=O)c3cccc(F)c3)c2)CC(C)(C)CN)cc1OC. The van der Waals surface area contributed by atoms with Crippen LogP contribution < -0.4 is 20.5 Å². The lowest BCUT2D eigenvalue weighted by Gasteiger charge is -2.32. The molecule has 0 aromatic heterocycles. The molecule has 0 saturated carbocycles. The lowest BCUT2D eigenvalue weighted by molar-refractivity contribution is 0.0672. The molecule has 0 aliphatic carbocycles. The summed E-state index contributed by atoms with van der Waals surface area (Å²) in [5.41, 5.74) is 7.67. The van der Waals surface area contributed by atoms with Crippen molar-refractivity contribution in [2.75, 3.05) is 32.6 Å². The maximum absolute atomic E-state index is 13.6. The smallest absolute Gasteiger partial charge is 0.255 e. The molecule has 3 aromatic carbocycles. The summed E-state index contributed by atoms with van der Waals surface area (Å²) in [6.07, 6.45) is 0. The molecule has 0 fully saturated rings. The maximum Gasteiger partial charge on any atom is 0.255 e. The van der Waals surface area contributed by atoms with Crippen molar-refractivity contribution in [2.45, 2.75) is 20.4 Å². The first-order valence-electron chi connectivity index (χ1n) is 11.5. The summed E-state index contributed by atoms with van der Waals surface area (Å²) in [4.78, 5) is 27.9. The Labute approximate surface area is 211 Å². The fraction of sp³-hybridized carbons (Fsp3) is 0.286. The zero-order chi connectivity index (χ0) is 26.3. The highest BCUT2D eigenvalue weighted by Crippen LogP contribution is 2.29. The molecule has 0 aliphatic heterocycles. The van der Waals surface area contributed by atoms with Crippen molar-refractivity contribution < 1.29 is 23.5 Å². The lowest BCUT2D eigenvalue weighted by Crippen LogP contribution is -2.41. The third-order valence-electron chi connectivity index (χ3n) is 5.73. The highest BCUT2D eigenvalue weighted by molar-refractivity contribution is 6.04. The van der Waals surface area contributed by atoms with Crippen molar-refractivity contribution in [1.82, 2.24) is 4.90 Å². The summed E-state index contributed by atoms with van der Waals surface area (Å²) in [7, 11) is 3.06. The molecular weight excluding hydrogens is 461 g/mol. The van der Waals surface area contributed by atoms with Crippen LogP contribution in [0.15, 0.2) is 66.7 Å². The van der Waals surface area contributed by atoms with Gasteiger partial charge in [-0.3, -0.25) is 9.59 Å². The number of carbonyl (C=O) groups excluding carboxylic acids is 2. The van der Waals surface area contributed by atoms with E-state index in [1.165, 1.54) is 32.4 Å². The first kappa shape index (κ1) is 26.7. The van der Waals surface area contributed by atoms with E-state index in [1.54, 1.807) is 47.4 Å². The van der Waals surface area contributed by atoms with Crippen molar-refractivity contribution >= 4 is 17.5 Å². The van der Waals surface area contributed by atoms with Gasteiger partial charge < -0.3 is 25.4 Å². The molecule has 0 heterocycles. The fourth-order valence-corrected chi connectivity index (χ4v) is 3.73. The number of amides is 2. The number of benzene rings is 3. The van der Waals surface area contributed by atoms with E-state index < -0.39 is 11.7 Å². The van der Waals surface area contributed by atoms with E-state index in [0.29, 0.717) is 42.4 Å². The van der Waals surface area contributed by atoms with Gasteiger partial charge >= 0.3 is 0 Å². The van der Waals surface area contributed by atoms with Crippen molar-refractivity contribution in [1.29, 1.82) is 0 Å². The molecule has 0 bridgehead atoms. The van der Waals surface area contributed by atoms with Crippen molar-refractivity contribution in [2.24, 2.45) is 11.1 Å². The second kappa shape index (κ2) is 11.7. The van der Waals surface area contributed by atoms with Gasteiger partial charge in [0.2, 0.25) is 0 Å². The quantitative estimate of drug-likeness (QED) is 0.426. The minimum absolute atomic E-state index is 0.188. The molecule has 3 N–H and O–H groups in total. The zero-order valence-electron chi connectivity index (χ0n) is 21.0. The summed E-state index contributed by atoms with van der Waals surface area (Å²) in [5, 5.41) is 2.79. The number of hydrogen-bond donors (Lipinski definition) is 2. The molecule has 0 radical (unpaired) electrons. The molecule has 8 heteroatoms. The summed E-state index contributed by atoms with van der Waals surface area (Å²) in [5.74, 6) is -0.0999. The predicted octanol–water partition coefficient (Wildman–Crippen LogP) is 4.72. The highest BCUT2D eigenvalue weighted by Gasteiger charge is 2.26. The topological polar surface area (TPSA) is 93.9 Å². The number of methoxy groups -OCH3 is 2. The van der Waals surface area contributed by atoms with Crippen LogP contribution in [0.3, 0.4) is 0 Å². The van der Waals surface area contributed by atoms with Gasteiger partial charge in [0.15, 0.2) is 11.5 Å². The zero-order valence-corrected chi connectivity index (χ0v) is 21.0. The molecule has 0 aliphatic rings. The summed E-state index contributed by atoms with van der Waals surface area (Å²) in [6, 6.07) is 17.7. The number of anilines is 1. The van der Waals surface area contributed by atoms with Crippen LogP contribution in [0.4, 0.5) is 10.1 Å². The number of nitrogens with two attached hydrogens (primary N) is 1. The molecule has 36 heavy (non-hydrogen) atoms. The normalized spacial score (nSPS) is 11.1. The van der Waals surface area contributed by atoms with Crippen LogP contribution in [-0.4, -0.2) is 44.0 Å². The van der Waals surface area contributed by atoms with E-state index in [9.17, 15) is 14.0 Å². The number of ether oxygens (including phenoxy) is 2. The van der Waals surface area contributed by atoms with Gasteiger partial charge in [-0.25, -0.2) is 4.39 Å². The van der Waals surface area contributed by atoms with E-state index in [4.69, 9.17) is 15.2 Å². The number of carbonyl (C=O) groups is 2. The molecular formula is C28H32FN3O4. The average molecular weight is 494 g/mol. The molecule has 7 nitrogen and oxygen atoms in total. The van der Waals surface area contributed by atoms with Crippen LogP contribution in [0.2, 0.25) is 0 Å². The van der Waals surface area contributed by atoms with E-state index in [-0.39, 0.29) is 16.9 Å². The van der Waals surface area contributed by atoms with E-state index in [2.05, 4.69) is 5.32 Å². The number of nitrogens with zero attached hydrogens (tertiary/aromatic N) is 1. The number of halogens is 1. The van der Waals surface area contributed by atoms with Crippen LogP contribution in [0.25, 0.3) is 0 Å². The molecule has 0 spiro atoms. The third kappa shape index (κ3) is 6.82. The molecule has 3 aromatic rings. The molecule has 0 atom stereocenters. The van der Waals surface area contributed by atoms with Gasteiger partial charge in [-0.2, -0.15) is 0 Å². The number of nitrogens with one attached hydrogen (secondary N) is 1. The van der Waals surface area contributed by atoms with E-state index in [0.717, 1.165) is 5.56 Å². The summed E-state index contributed by atoms with van der Waals surface area (Å²) in [6.45, 7) is 5.10. The Hall–Kier alpha value is -3.91. The summed E-state index contributed by atoms with van der Waals surface area (Å²) >= 11 is 0.